The zero-order valence-electron chi connectivity index (χ0n) is 35.5. The van der Waals surface area contributed by atoms with Gasteiger partial charge in [-0.2, -0.15) is 4.37 Å². The normalized spacial score (nSPS) is 8.83. The number of rotatable bonds is 0. The smallest absolute Gasteiger partial charge is 0.190 e. The lowest BCUT2D eigenvalue weighted by molar-refractivity contribution is 0.397. The molecule has 0 fully saturated rings. The molecule has 0 radical (unpaired) electrons. The molecule has 10 aromatic heterocycles. The molecule has 0 aromatic carbocycles. The van der Waals surface area contributed by atoms with Crippen LogP contribution in [0.5, 0.6) is 0 Å². The van der Waals surface area contributed by atoms with Crippen LogP contribution in [0.15, 0.2) is 173 Å². The molecule has 10 heterocycles. The van der Waals surface area contributed by atoms with Crippen LogP contribution in [0.3, 0.4) is 0 Å². The first kappa shape index (κ1) is 51.1. The van der Waals surface area contributed by atoms with Crippen LogP contribution < -0.4 is 0 Å². The summed E-state index contributed by atoms with van der Waals surface area (Å²) < 4.78 is 42.2. The van der Waals surface area contributed by atoms with E-state index in [0.29, 0.717) is 0 Å². The largest absolute Gasteiger partial charge is 0.470 e. The molecule has 60 heavy (non-hydrogen) atoms. The first-order chi connectivity index (χ1) is 28.9. The summed E-state index contributed by atoms with van der Waals surface area (Å²) in [5, 5.41) is 12.4. The Morgan fingerprint density at radius 3 is 1.57 bits per heavy atom. The fourth-order valence-corrected chi connectivity index (χ4v) is 3.95. The van der Waals surface area contributed by atoms with Crippen LogP contribution in [-0.2, 0) is 7.05 Å². The minimum Gasteiger partial charge on any atom is -0.470 e. The van der Waals surface area contributed by atoms with Crippen LogP contribution in [0, 0.1) is 62.3 Å². The summed E-state index contributed by atoms with van der Waals surface area (Å²) in [6.07, 6.45) is 23.2. The molecule has 0 spiro atoms. The Morgan fingerprint density at radius 1 is 0.600 bits per heavy atom. The van der Waals surface area contributed by atoms with Gasteiger partial charge in [0.1, 0.15) is 42.3 Å². The highest BCUT2D eigenvalue weighted by Gasteiger charge is 1.82. The van der Waals surface area contributed by atoms with E-state index in [2.05, 4.69) is 57.2 Å². The summed E-state index contributed by atoms with van der Waals surface area (Å²) in [6.45, 7) is 17.1. The van der Waals surface area contributed by atoms with E-state index in [0.717, 1.165) is 45.8 Å². The number of hydrogen-bond acceptors (Lipinski definition) is 17. The number of hydrogen-bond donors (Lipinski definition) is 0. The summed E-state index contributed by atoms with van der Waals surface area (Å²) in [5.41, 5.74) is 4.03. The predicted octanol–water partition coefficient (Wildman–Crippen LogP) is 11.4. The van der Waals surface area contributed by atoms with Crippen molar-refractivity contribution in [2.75, 3.05) is 0 Å². The maximum atomic E-state index is 4.83. The molecule has 10 rings (SSSR count). The molecule has 0 aliphatic carbocycles. The second kappa shape index (κ2) is 34.1. The third-order valence-electron chi connectivity index (χ3n) is 5.91. The molecular formula is C42H53N9O7S2. The molecule has 0 N–H and O–H groups in total. The van der Waals surface area contributed by atoms with Crippen molar-refractivity contribution < 1.29 is 31.2 Å². The van der Waals surface area contributed by atoms with Gasteiger partial charge in [-0.25, -0.2) is 19.3 Å². The molecule has 0 atom stereocenters. The molecule has 0 unspecified atom stereocenters. The molecule has 16 nitrogen and oxygen atoms in total. The number of furan rings is 1. The number of aromatic nitrogens is 9. The maximum Gasteiger partial charge on any atom is 0.190 e. The van der Waals surface area contributed by atoms with Crippen LogP contribution in [0.2, 0.25) is 0 Å². The van der Waals surface area contributed by atoms with Gasteiger partial charge in [-0.3, -0.25) is 0 Å². The van der Waals surface area contributed by atoms with E-state index in [1.807, 2.05) is 121 Å². The highest BCUT2D eigenvalue weighted by molar-refractivity contribution is 7.05. The summed E-state index contributed by atoms with van der Waals surface area (Å²) in [5.74, 6) is 3.40. The Kier molecular flexibility index (Phi) is 29.1. The molecule has 0 bridgehead atoms. The van der Waals surface area contributed by atoms with Crippen molar-refractivity contribution in [1.29, 1.82) is 0 Å². The predicted molar refractivity (Wildman–Crippen MR) is 230 cm³/mol. The molecule has 0 aliphatic rings. The Balaban J connectivity index is 0.000000333. The van der Waals surface area contributed by atoms with E-state index < -0.39 is 0 Å². The molecule has 0 amide bonds. The van der Waals surface area contributed by atoms with Gasteiger partial charge in [0.25, 0.3) is 0 Å². The zero-order chi connectivity index (χ0) is 44.1. The lowest BCUT2D eigenvalue weighted by Gasteiger charge is -1.79. The Bertz CT molecular complexity index is 1650. The topological polar surface area (TPSA) is 200 Å². The van der Waals surface area contributed by atoms with Gasteiger partial charge in [0.05, 0.1) is 48.1 Å². The van der Waals surface area contributed by atoms with Crippen LogP contribution in [-0.4, -0.2) is 43.7 Å². The van der Waals surface area contributed by atoms with Crippen molar-refractivity contribution in [3.05, 3.63) is 192 Å². The van der Waals surface area contributed by atoms with E-state index >= 15 is 0 Å². The SMILES string of the molecule is Cc1ccco1.Cc1ccno1.Cc1ccns1.Cc1ccon1.Cc1ccsn1.Cc1cnco1.Cc1cnoc1.Cc1cocn1.Cc1ncco1.Cn1cccc1. The molecular weight excluding hydrogens is 807 g/mol. The second-order valence-electron chi connectivity index (χ2n) is 11.6. The highest BCUT2D eigenvalue weighted by Crippen LogP contribution is 1.99. The van der Waals surface area contributed by atoms with Crippen molar-refractivity contribution in [2.45, 2.75) is 62.3 Å². The Hall–Kier alpha value is -6.92. The van der Waals surface area contributed by atoms with Gasteiger partial charge in [-0.05, 0) is 115 Å². The lowest BCUT2D eigenvalue weighted by atomic mass is 10.4. The minimum absolute atomic E-state index is 0.718. The van der Waals surface area contributed by atoms with Crippen molar-refractivity contribution >= 4 is 23.1 Å². The number of aryl methyl sites for hydroxylation is 10. The Morgan fingerprint density at radius 2 is 1.40 bits per heavy atom. The van der Waals surface area contributed by atoms with E-state index in [1.165, 1.54) is 40.7 Å². The summed E-state index contributed by atoms with van der Waals surface area (Å²) in [4.78, 5) is 12.4. The minimum atomic E-state index is 0.718. The first-order valence-electron chi connectivity index (χ1n) is 17.9. The van der Waals surface area contributed by atoms with Crippen LogP contribution in [0.25, 0.3) is 0 Å². The van der Waals surface area contributed by atoms with Crippen molar-refractivity contribution in [3.63, 3.8) is 0 Å². The van der Waals surface area contributed by atoms with Gasteiger partial charge >= 0.3 is 0 Å². The van der Waals surface area contributed by atoms with Crippen molar-refractivity contribution in [1.82, 2.24) is 43.7 Å². The summed E-state index contributed by atoms with van der Waals surface area (Å²) in [6, 6.07) is 15.4. The van der Waals surface area contributed by atoms with E-state index in [4.69, 9.17) is 13.3 Å². The fourth-order valence-electron chi connectivity index (χ4n) is 2.99. The van der Waals surface area contributed by atoms with E-state index in [-0.39, 0.29) is 0 Å². The summed E-state index contributed by atoms with van der Waals surface area (Å²) >= 11 is 3.02. The first-order valence-corrected chi connectivity index (χ1v) is 19.5. The molecule has 0 aliphatic heterocycles. The monoisotopic (exact) mass is 859 g/mol. The van der Waals surface area contributed by atoms with Crippen LogP contribution in [0.4, 0.5) is 0 Å². The van der Waals surface area contributed by atoms with Crippen LogP contribution >= 0.6 is 23.1 Å². The standard InChI is InChI=1S/C5H7N.C5H6O.6C4H5NO.2C4H5NS/c1-6-4-2-3-5-6;1-5-3-2-4-6-5;1-4-2-6-3-5-4;1-4-2-5-3-6-4;1-4-2-5-6-3-4;1-4-5-2-3-6-4;1-4-2-3-6-5-4;1-4-2-3-5-6-4;1-4-2-3-6-5-4;1-4-2-3-5-6-4/h2-5H,1H3;2-4H,1H3;8*2-3H,1H3. The lowest BCUT2D eigenvalue weighted by Crippen LogP contribution is -1.75. The third-order valence-corrected chi connectivity index (χ3v) is 7.21. The number of oxazole rings is 3. The summed E-state index contributed by atoms with van der Waals surface area (Å²) in [7, 11) is 2.00. The fraction of sp³-hybridized carbons (Fsp3) is 0.238. The zero-order valence-corrected chi connectivity index (χ0v) is 37.1. The highest BCUT2D eigenvalue weighted by atomic mass is 32.1. The average Bonchev–Trinajstić information content (AvgIpc) is 4.06. The molecule has 320 valence electrons. The van der Waals surface area contributed by atoms with Gasteiger partial charge in [-0.15, -0.1) is 0 Å². The van der Waals surface area contributed by atoms with Gasteiger partial charge < -0.3 is 35.8 Å². The molecule has 0 saturated carbocycles. The second-order valence-corrected chi connectivity index (χ2v) is 13.3. The third kappa shape index (κ3) is 32.2. The van der Waals surface area contributed by atoms with Gasteiger partial charge in [0.2, 0.25) is 0 Å². The molecule has 10 aromatic rings. The van der Waals surface area contributed by atoms with Gasteiger partial charge in [0, 0.05) is 60.5 Å². The average molecular weight is 860 g/mol. The quantitative estimate of drug-likeness (QED) is 0.139. The van der Waals surface area contributed by atoms with Crippen molar-refractivity contribution in [3.8, 4) is 0 Å². The van der Waals surface area contributed by atoms with E-state index in [1.54, 1.807) is 81.4 Å². The Labute approximate surface area is 358 Å². The van der Waals surface area contributed by atoms with Crippen LogP contribution in [0.1, 0.15) is 50.7 Å². The maximum absolute atomic E-state index is 4.83. The van der Waals surface area contributed by atoms with E-state index in [9.17, 15) is 0 Å². The van der Waals surface area contributed by atoms with Crippen molar-refractivity contribution in [2.24, 2.45) is 7.05 Å². The van der Waals surface area contributed by atoms with Gasteiger partial charge in [-0.1, -0.05) is 15.5 Å². The number of nitrogens with zero attached hydrogens (tertiary/aromatic N) is 9. The van der Waals surface area contributed by atoms with Gasteiger partial charge in [0.15, 0.2) is 18.7 Å². The molecule has 18 heteroatoms. The molecule has 0 saturated heterocycles.